The van der Waals surface area contributed by atoms with Crippen molar-refractivity contribution in [1.29, 1.82) is 0 Å². The van der Waals surface area contributed by atoms with E-state index in [1.54, 1.807) is 0 Å². The number of anilines is 2. The highest BCUT2D eigenvalue weighted by Gasteiger charge is 2.11. The Morgan fingerprint density at radius 1 is 1.10 bits per heavy atom. The van der Waals surface area contributed by atoms with Crippen molar-refractivity contribution in [2.24, 2.45) is 0 Å². The largest absolute Gasteiger partial charge is 0.378 e. The van der Waals surface area contributed by atoms with Crippen molar-refractivity contribution < 1.29 is 4.79 Å². The molecule has 1 aliphatic rings. The van der Waals surface area contributed by atoms with Crippen LogP contribution >= 0.6 is 0 Å². The summed E-state index contributed by atoms with van der Waals surface area (Å²) in [4.78, 5) is 16.5. The maximum atomic E-state index is 12.0. The minimum absolute atomic E-state index is 0.108. The molecule has 116 valence electrons. The van der Waals surface area contributed by atoms with E-state index in [1.165, 1.54) is 25.7 Å². The molecule has 1 saturated heterocycles. The van der Waals surface area contributed by atoms with Crippen molar-refractivity contribution in [3.8, 4) is 0 Å². The van der Waals surface area contributed by atoms with Gasteiger partial charge in [-0.25, -0.2) is 0 Å². The lowest BCUT2D eigenvalue weighted by atomic mass is 10.2. The fourth-order valence-corrected chi connectivity index (χ4v) is 2.69. The van der Waals surface area contributed by atoms with Crippen LogP contribution in [0.2, 0.25) is 0 Å². The molecule has 2 rings (SSSR count). The Bertz CT molecular complexity index is 434. The monoisotopic (exact) mass is 289 g/mol. The molecular formula is C17H27N3O. The van der Waals surface area contributed by atoms with Crippen LogP contribution in [-0.2, 0) is 4.79 Å². The predicted molar refractivity (Wildman–Crippen MR) is 88.9 cm³/mol. The van der Waals surface area contributed by atoms with Crippen molar-refractivity contribution in [2.75, 3.05) is 43.9 Å². The molecule has 0 unspecified atom stereocenters. The van der Waals surface area contributed by atoms with Crippen molar-refractivity contribution >= 4 is 17.3 Å². The second-order valence-electron chi connectivity index (χ2n) is 6.00. The molecule has 4 nitrogen and oxygen atoms in total. The minimum atomic E-state index is 0.108. The quantitative estimate of drug-likeness (QED) is 0.905. The summed E-state index contributed by atoms with van der Waals surface area (Å²) < 4.78 is 0. The van der Waals surface area contributed by atoms with E-state index < -0.39 is 0 Å². The van der Waals surface area contributed by atoms with Crippen LogP contribution in [0.4, 0.5) is 11.4 Å². The SMILES string of the molecule is CN(C)c1ccc(NC(=O)CCN2CCCCCC2)cc1. The van der Waals surface area contributed by atoms with Crippen LogP contribution in [0.1, 0.15) is 32.1 Å². The second-order valence-corrected chi connectivity index (χ2v) is 6.00. The highest BCUT2D eigenvalue weighted by atomic mass is 16.1. The topological polar surface area (TPSA) is 35.6 Å². The molecule has 0 atom stereocenters. The molecule has 0 aromatic heterocycles. The van der Waals surface area contributed by atoms with Crippen LogP contribution < -0.4 is 10.2 Å². The molecule has 1 aliphatic heterocycles. The Morgan fingerprint density at radius 2 is 1.71 bits per heavy atom. The van der Waals surface area contributed by atoms with Gasteiger partial charge in [0.2, 0.25) is 5.91 Å². The first-order valence-corrected chi connectivity index (χ1v) is 7.95. The molecule has 1 heterocycles. The molecule has 0 saturated carbocycles. The van der Waals surface area contributed by atoms with E-state index >= 15 is 0 Å². The summed E-state index contributed by atoms with van der Waals surface area (Å²) in [6.07, 6.45) is 5.79. The van der Waals surface area contributed by atoms with E-state index in [2.05, 4.69) is 10.2 Å². The van der Waals surface area contributed by atoms with Crippen molar-refractivity contribution in [1.82, 2.24) is 4.90 Å². The number of nitrogens with zero attached hydrogens (tertiary/aromatic N) is 2. The molecule has 0 aliphatic carbocycles. The molecule has 1 aromatic rings. The Morgan fingerprint density at radius 3 is 2.29 bits per heavy atom. The summed E-state index contributed by atoms with van der Waals surface area (Å²) >= 11 is 0. The first-order valence-electron chi connectivity index (χ1n) is 7.95. The molecule has 0 radical (unpaired) electrons. The highest BCUT2D eigenvalue weighted by Crippen LogP contribution is 2.16. The van der Waals surface area contributed by atoms with Crippen LogP contribution in [0, 0.1) is 0 Å². The van der Waals surface area contributed by atoms with Crippen LogP contribution in [0.15, 0.2) is 24.3 Å². The summed E-state index contributed by atoms with van der Waals surface area (Å²) in [5.41, 5.74) is 2.01. The summed E-state index contributed by atoms with van der Waals surface area (Å²) in [5, 5.41) is 2.98. The number of hydrogen-bond donors (Lipinski definition) is 1. The lowest BCUT2D eigenvalue weighted by Gasteiger charge is -2.19. The summed E-state index contributed by atoms with van der Waals surface area (Å²) in [6, 6.07) is 7.95. The number of hydrogen-bond acceptors (Lipinski definition) is 3. The third-order valence-electron chi connectivity index (χ3n) is 4.02. The zero-order valence-electron chi connectivity index (χ0n) is 13.3. The molecule has 4 heteroatoms. The average Bonchev–Trinajstić information content (AvgIpc) is 2.74. The van der Waals surface area contributed by atoms with E-state index in [0.717, 1.165) is 31.0 Å². The molecule has 1 aromatic carbocycles. The minimum Gasteiger partial charge on any atom is -0.378 e. The van der Waals surface area contributed by atoms with Crippen LogP contribution in [0.5, 0.6) is 0 Å². The number of rotatable bonds is 5. The van der Waals surface area contributed by atoms with Gasteiger partial charge in [-0.15, -0.1) is 0 Å². The van der Waals surface area contributed by atoms with E-state index in [9.17, 15) is 4.79 Å². The number of carbonyl (C=O) groups is 1. The maximum absolute atomic E-state index is 12.0. The Balaban J connectivity index is 1.75. The van der Waals surface area contributed by atoms with Crippen molar-refractivity contribution in [3.05, 3.63) is 24.3 Å². The van der Waals surface area contributed by atoms with Gasteiger partial charge in [0.15, 0.2) is 0 Å². The lowest BCUT2D eigenvalue weighted by molar-refractivity contribution is -0.116. The molecule has 0 spiro atoms. The fourth-order valence-electron chi connectivity index (χ4n) is 2.69. The van der Waals surface area contributed by atoms with Gasteiger partial charge in [0, 0.05) is 38.4 Å². The fraction of sp³-hybridized carbons (Fsp3) is 0.588. The first kappa shape index (κ1) is 15.8. The molecule has 1 amide bonds. The third kappa shape index (κ3) is 5.38. The molecule has 1 fully saturated rings. The average molecular weight is 289 g/mol. The predicted octanol–water partition coefficient (Wildman–Crippen LogP) is 2.96. The van der Waals surface area contributed by atoms with E-state index in [-0.39, 0.29) is 5.91 Å². The molecular weight excluding hydrogens is 262 g/mol. The molecule has 1 N–H and O–H groups in total. The molecule has 0 bridgehead atoms. The van der Waals surface area contributed by atoms with Gasteiger partial charge in [-0.2, -0.15) is 0 Å². The number of benzene rings is 1. The lowest BCUT2D eigenvalue weighted by Crippen LogP contribution is -2.28. The smallest absolute Gasteiger partial charge is 0.225 e. The highest BCUT2D eigenvalue weighted by molar-refractivity contribution is 5.91. The van der Waals surface area contributed by atoms with Gasteiger partial charge >= 0.3 is 0 Å². The normalized spacial score (nSPS) is 16.3. The van der Waals surface area contributed by atoms with Gasteiger partial charge in [0.1, 0.15) is 0 Å². The van der Waals surface area contributed by atoms with Gasteiger partial charge in [0.05, 0.1) is 0 Å². The number of carbonyl (C=O) groups excluding carboxylic acids is 1. The van der Waals surface area contributed by atoms with Crippen LogP contribution in [0.3, 0.4) is 0 Å². The number of likely N-dealkylation sites (tertiary alicyclic amines) is 1. The second kappa shape index (κ2) is 8.03. The standard InChI is InChI=1S/C17H27N3O/c1-19(2)16-9-7-15(8-10-16)18-17(21)11-14-20-12-5-3-4-6-13-20/h7-10H,3-6,11-14H2,1-2H3,(H,18,21). The van der Waals surface area contributed by atoms with Gasteiger partial charge < -0.3 is 15.1 Å². The van der Waals surface area contributed by atoms with E-state index in [4.69, 9.17) is 0 Å². The van der Waals surface area contributed by atoms with Gasteiger partial charge in [-0.3, -0.25) is 4.79 Å². The maximum Gasteiger partial charge on any atom is 0.225 e. The first-order chi connectivity index (χ1) is 10.1. The van der Waals surface area contributed by atoms with E-state index in [1.807, 2.05) is 43.3 Å². The van der Waals surface area contributed by atoms with Crippen LogP contribution in [0.25, 0.3) is 0 Å². The number of nitrogens with one attached hydrogen (secondary N) is 1. The van der Waals surface area contributed by atoms with Gasteiger partial charge in [-0.1, -0.05) is 12.8 Å². The van der Waals surface area contributed by atoms with Gasteiger partial charge in [-0.05, 0) is 50.2 Å². The Hall–Kier alpha value is -1.55. The van der Waals surface area contributed by atoms with Gasteiger partial charge in [0.25, 0.3) is 0 Å². The Kier molecular flexibility index (Phi) is 6.05. The van der Waals surface area contributed by atoms with Crippen molar-refractivity contribution in [3.63, 3.8) is 0 Å². The van der Waals surface area contributed by atoms with E-state index in [0.29, 0.717) is 6.42 Å². The zero-order valence-corrected chi connectivity index (χ0v) is 13.3. The summed E-state index contributed by atoms with van der Waals surface area (Å²) in [5.74, 6) is 0.108. The third-order valence-corrected chi connectivity index (χ3v) is 4.02. The molecule has 21 heavy (non-hydrogen) atoms. The summed E-state index contributed by atoms with van der Waals surface area (Å²) in [7, 11) is 4.02. The zero-order chi connectivity index (χ0) is 15.1. The van der Waals surface area contributed by atoms with Crippen molar-refractivity contribution in [2.45, 2.75) is 32.1 Å². The Labute approximate surface area is 128 Å². The number of amides is 1. The van der Waals surface area contributed by atoms with Crippen LogP contribution in [-0.4, -0.2) is 44.5 Å². The summed E-state index contributed by atoms with van der Waals surface area (Å²) in [6.45, 7) is 3.16.